The van der Waals surface area contributed by atoms with E-state index >= 15 is 0 Å². The number of methoxy groups -OCH3 is 1. The molecule has 0 radical (unpaired) electrons. The van der Waals surface area contributed by atoms with Crippen molar-refractivity contribution in [2.75, 3.05) is 7.11 Å². The fourth-order valence-corrected chi connectivity index (χ4v) is 0.584. The Morgan fingerprint density at radius 3 is 3.44 bits per heavy atom. The lowest BCUT2D eigenvalue weighted by molar-refractivity contribution is 0.181. The molecule has 1 aromatic rings. The van der Waals surface area contributed by atoms with Crippen molar-refractivity contribution in [1.29, 1.82) is 0 Å². The Morgan fingerprint density at radius 1 is 1.89 bits per heavy atom. The number of nitrogens with zero attached hydrogens (tertiary/aromatic N) is 1. The van der Waals surface area contributed by atoms with E-state index in [4.69, 9.17) is 6.11 Å². The van der Waals surface area contributed by atoms with Gasteiger partial charge in [0, 0.05) is 13.3 Å². The Morgan fingerprint density at radius 2 is 2.78 bits per heavy atom. The van der Waals surface area contributed by atoms with Crippen LogP contribution < -0.4 is 0 Å². The Bertz CT molecular complexity index is 215. The Hall–Kier alpha value is -0.890. The molecule has 0 atom stereocenters. The number of aromatic nitrogens is 1. The van der Waals surface area contributed by atoms with Gasteiger partial charge in [-0.1, -0.05) is 6.04 Å². The minimum absolute atomic E-state index is 0.474. The van der Waals surface area contributed by atoms with Crippen LogP contribution in [0.5, 0.6) is 0 Å². The highest BCUT2D eigenvalue weighted by atomic mass is 16.5. The maximum Gasteiger partial charge on any atom is 0.0884 e. The lowest BCUT2D eigenvalue weighted by Crippen LogP contribution is -1.88. The third-order valence-corrected chi connectivity index (χ3v) is 0.953. The number of hydrogen-bond acceptors (Lipinski definition) is 2. The van der Waals surface area contributed by atoms with Crippen LogP contribution in [0.25, 0.3) is 0 Å². The number of ether oxygens (including phenoxy) is 1. The van der Waals surface area contributed by atoms with Gasteiger partial charge < -0.3 is 4.74 Å². The van der Waals surface area contributed by atoms with Crippen molar-refractivity contribution in [2.24, 2.45) is 0 Å². The average molecular weight is 124 g/mol. The van der Waals surface area contributed by atoms with Crippen molar-refractivity contribution in [3.63, 3.8) is 0 Å². The first-order chi connectivity index (χ1) is 4.83. The van der Waals surface area contributed by atoms with Gasteiger partial charge in [0.25, 0.3) is 0 Å². The molecule has 2 nitrogen and oxygen atoms in total. The molecule has 0 aliphatic heterocycles. The highest BCUT2D eigenvalue weighted by molar-refractivity contribution is 5.01. The predicted octanol–water partition coefficient (Wildman–Crippen LogP) is 1.23. The summed E-state index contributed by atoms with van der Waals surface area (Å²) in [4.78, 5) is 3.98. The van der Waals surface area contributed by atoms with Crippen LogP contribution in [0.2, 0.25) is 0 Å². The summed E-state index contributed by atoms with van der Waals surface area (Å²) in [5.74, 6) is 0. The van der Waals surface area contributed by atoms with Gasteiger partial charge in [0.2, 0.25) is 0 Å². The van der Waals surface area contributed by atoms with Gasteiger partial charge >= 0.3 is 0 Å². The quantitative estimate of drug-likeness (QED) is 0.591. The minimum Gasteiger partial charge on any atom is -0.378 e. The third-order valence-electron chi connectivity index (χ3n) is 0.953. The molecule has 48 valence electrons. The first-order valence-corrected chi connectivity index (χ1v) is 2.73. The van der Waals surface area contributed by atoms with Crippen LogP contribution >= 0.6 is 0 Å². The van der Waals surface area contributed by atoms with Gasteiger partial charge in [-0.2, -0.15) is 0 Å². The van der Waals surface area contributed by atoms with Crippen LogP contribution in [0.3, 0.4) is 0 Å². The number of hydrogen-bond donors (Lipinski definition) is 0. The van der Waals surface area contributed by atoms with E-state index in [1.807, 2.05) is 0 Å². The molecule has 0 aliphatic carbocycles. The summed E-state index contributed by atoms with van der Waals surface area (Å²) in [5.41, 5.74) is 0.801. The smallest absolute Gasteiger partial charge is 0.0884 e. The molecule has 0 unspecified atom stereocenters. The molecule has 1 aromatic heterocycles. The second kappa shape index (κ2) is 3.20. The molecule has 0 aliphatic rings. The molecule has 0 bridgehead atoms. The van der Waals surface area contributed by atoms with E-state index in [9.17, 15) is 0 Å². The average Bonchev–Trinajstić information content (AvgIpc) is 1.88. The van der Waals surface area contributed by atoms with Crippen LogP contribution in [-0.2, 0) is 11.3 Å². The molecular formula is C7H9NO. The van der Waals surface area contributed by atoms with Gasteiger partial charge in [-0.3, -0.25) is 4.98 Å². The van der Waals surface area contributed by atoms with Gasteiger partial charge in [0.15, 0.2) is 0 Å². The van der Waals surface area contributed by atoms with E-state index in [0.29, 0.717) is 12.6 Å². The van der Waals surface area contributed by atoms with Gasteiger partial charge in [-0.05, 0) is 12.1 Å². The summed E-state index contributed by atoms with van der Waals surface area (Å²) in [5, 5.41) is 0. The second-order valence-corrected chi connectivity index (χ2v) is 1.68. The van der Waals surface area contributed by atoms with E-state index in [0.717, 1.165) is 5.69 Å². The molecular weight excluding hydrogens is 114 g/mol. The van der Waals surface area contributed by atoms with Crippen molar-refractivity contribution in [2.45, 2.75) is 6.61 Å². The van der Waals surface area contributed by atoms with E-state index in [-0.39, 0.29) is 0 Å². The van der Waals surface area contributed by atoms with Crippen LogP contribution in [-0.4, -0.2) is 12.1 Å². The summed E-state index contributed by atoms with van der Waals surface area (Å²) in [6.45, 7) is 0.479. The largest absolute Gasteiger partial charge is 0.378 e. The number of rotatable bonds is 2. The molecule has 0 fully saturated rings. The molecule has 0 saturated carbocycles. The van der Waals surface area contributed by atoms with Crippen LogP contribution in [0.15, 0.2) is 24.4 Å². The summed E-state index contributed by atoms with van der Waals surface area (Å²) < 4.78 is 12.1. The summed E-state index contributed by atoms with van der Waals surface area (Å²) >= 11 is 0. The lowest BCUT2D eigenvalue weighted by atomic mass is 10.4. The zero-order chi connectivity index (χ0) is 7.40. The van der Waals surface area contributed by atoms with Crippen molar-refractivity contribution in [3.8, 4) is 0 Å². The monoisotopic (exact) mass is 124 g/mol. The Balaban J connectivity index is 2.75. The SMILES string of the molecule is [2H]c1ccnc(COC)c1. The normalized spacial score (nSPS) is 11.0. The first kappa shape index (κ1) is 4.94. The van der Waals surface area contributed by atoms with E-state index < -0.39 is 0 Å². The Labute approximate surface area is 55.9 Å². The zero-order valence-corrected chi connectivity index (χ0v) is 5.29. The molecule has 0 N–H and O–H groups in total. The predicted molar refractivity (Wildman–Crippen MR) is 34.9 cm³/mol. The van der Waals surface area contributed by atoms with Crippen molar-refractivity contribution >= 4 is 0 Å². The maximum absolute atomic E-state index is 7.22. The highest BCUT2D eigenvalue weighted by Crippen LogP contribution is 1.93. The standard InChI is InChI=1S/C7H9NO/c1-9-6-7-4-2-3-5-8-7/h2-5H,6H2,1H3/i2D. The molecule has 0 amide bonds. The van der Waals surface area contributed by atoms with Crippen molar-refractivity contribution < 1.29 is 6.11 Å². The molecule has 9 heavy (non-hydrogen) atoms. The third kappa shape index (κ3) is 1.82. The fraction of sp³-hybridized carbons (Fsp3) is 0.286. The van der Waals surface area contributed by atoms with Gasteiger partial charge in [-0.25, -0.2) is 0 Å². The maximum atomic E-state index is 7.22. The van der Waals surface area contributed by atoms with E-state index in [2.05, 4.69) is 4.98 Å². The van der Waals surface area contributed by atoms with Crippen molar-refractivity contribution in [3.05, 3.63) is 30.1 Å². The van der Waals surface area contributed by atoms with Gasteiger partial charge in [0.05, 0.1) is 13.7 Å². The van der Waals surface area contributed by atoms with Crippen LogP contribution in [0.1, 0.15) is 7.06 Å². The topological polar surface area (TPSA) is 22.1 Å². The summed E-state index contributed by atoms with van der Waals surface area (Å²) in [7, 11) is 1.61. The minimum atomic E-state index is 0.474. The number of pyridine rings is 1. The highest BCUT2D eigenvalue weighted by Gasteiger charge is 1.86. The van der Waals surface area contributed by atoms with Crippen molar-refractivity contribution in [1.82, 2.24) is 4.98 Å². The fourth-order valence-electron chi connectivity index (χ4n) is 0.584. The van der Waals surface area contributed by atoms with E-state index in [1.54, 1.807) is 25.4 Å². The molecule has 0 saturated heterocycles. The molecule has 0 spiro atoms. The molecule has 1 heterocycles. The van der Waals surface area contributed by atoms with Gasteiger partial charge in [-0.15, -0.1) is 0 Å². The molecule has 1 rings (SSSR count). The Kier molecular flexibility index (Phi) is 1.76. The lowest BCUT2D eigenvalue weighted by Gasteiger charge is -1.94. The van der Waals surface area contributed by atoms with Gasteiger partial charge in [0.1, 0.15) is 0 Å². The summed E-state index contributed by atoms with van der Waals surface area (Å²) in [6, 6.07) is 3.80. The van der Waals surface area contributed by atoms with E-state index in [1.165, 1.54) is 0 Å². The second-order valence-electron chi connectivity index (χ2n) is 1.68. The molecule has 0 aromatic carbocycles. The van der Waals surface area contributed by atoms with Crippen LogP contribution in [0, 0.1) is 0 Å². The van der Waals surface area contributed by atoms with Crippen LogP contribution in [0.4, 0.5) is 0 Å². The zero-order valence-electron chi connectivity index (χ0n) is 6.29. The first-order valence-electron chi connectivity index (χ1n) is 3.23. The summed E-state index contributed by atoms with van der Waals surface area (Å²) in [6.07, 6.45) is 1.61. The molecule has 2 heteroatoms.